The second-order valence-corrected chi connectivity index (χ2v) is 19.7. The number of halogens is 8. The Morgan fingerprint density at radius 3 is 1.48 bits per heavy atom. The van der Waals surface area contributed by atoms with E-state index in [1.54, 1.807) is 0 Å². The Balaban J connectivity index is 0.000000217. The van der Waals surface area contributed by atoms with Crippen molar-refractivity contribution in [2.24, 2.45) is 0 Å². The van der Waals surface area contributed by atoms with Crippen LogP contribution in [0, 0.1) is 13.3 Å². The summed E-state index contributed by atoms with van der Waals surface area (Å²) >= 11 is 0.898. The molecule has 0 saturated heterocycles. The molecule has 0 fully saturated rings. The fourth-order valence-corrected chi connectivity index (χ4v) is 8.84. The maximum atomic E-state index is 12.5. The van der Waals surface area contributed by atoms with E-state index in [0.29, 0.717) is 19.7 Å². The first-order chi connectivity index (χ1) is 27.3. The Morgan fingerprint density at radius 2 is 1.07 bits per heavy atom. The Kier molecular flexibility index (Phi) is 15.0. The first-order valence-corrected chi connectivity index (χ1v) is 21.2. The molecule has 61 heavy (non-hydrogen) atoms. The van der Waals surface area contributed by atoms with Crippen LogP contribution in [0.1, 0.15) is 135 Å². The molecular weight excluding hydrogens is 901 g/mol. The van der Waals surface area contributed by atoms with Crippen molar-refractivity contribution in [3.05, 3.63) is 176 Å². The summed E-state index contributed by atoms with van der Waals surface area (Å²) in [5.74, 6) is 0. The maximum absolute atomic E-state index is 12.5. The summed E-state index contributed by atoms with van der Waals surface area (Å²) in [6, 6.07) is 25.7. The molecular formula is C52H52Cl2F6Zr-2. The third-order valence-corrected chi connectivity index (χ3v) is 13.3. The third kappa shape index (κ3) is 11.0. The van der Waals surface area contributed by atoms with Gasteiger partial charge < -0.3 is 24.8 Å². The van der Waals surface area contributed by atoms with E-state index in [1.165, 1.54) is 91.0 Å². The van der Waals surface area contributed by atoms with E-state index < -0.39 is 23.5 Å². The van der Waals surface area contributed by atoms with Gasteiger partial charge in [-0.15, -0.1) is 12.5 Å². The molecule has 3 aliphatic carbocycles. The molecule has 0 N–H and O–H groups in total. The zero-order chi connectivity index (χ0) is 43.5. The molecule has 8 rings (SSSR count). The van der Waals surface area contributed by atoms with Crippen LogP contribution in [0.25, 0.3) is 22.3 Å². The molecule has 9 heteroatoms. The monoisotopic (exact) mass is 950 g/mol. The Morgan fingerprint density at radius 1 is 0.607 bits per heavy atom. The molecule has 3 aliphatic rings. The Hall–Kier alpha value is -3.51. The van der Waals surface area contributed by atoms with Crippen molar-refractivity contribution in [1.29, 1.82) is 0 Å². The largest absolute Gasteiger partial charge is 1.00 e. The zero-order valence-corrected chi connectivity index (χ0v) is 40.3. The molecule has 0 atom stereocenters. The maximum Gasteiger partial charge on any atom is -1.00 e. The smallest absolute Gasteiger partial charge is 1.00 e. The molecule has 0 radical (unpaired) electrons. The van der Waals surface area contributed by atoms with E-state index in [2.05, 4.69) is 130 Å². The van der Waals surface area contributed by atoms with Crippen molar-refractivity contribution in [3.8, 4) is 11.1 Å². The third-order valence-electron chi connectivity index (χ3n) is 11.9. The number of aryl methyl sites for hydroxylation is 1. The van der Waals surface area contributed by atoms with Crippen LogP contribution < -0.4 is 24.8 Å². The first kappa shape index (κ1) is 50.1. The quantitative estimate of drug-likeness (QED) is 0.120. The summed E-state index contributed by atoms with van der Waals surface area (Å²) in [6.45, 7) is 22.8. The normalized spacial score (nSPS) is 15.5. The van der Waals surface area contributed by atoms with E-state index in [-0.39, 0.29) is 35.6 Å². The number of fused-ring (bicyclic) bond motifs is 5. The minimum absolute atomic E-state index is 0. The van der Waals surface area contributed by atoms with Crippen LogP contribution in [0.5, 0.6) is 0 Å². The van der Waals surface area contributed by atoms with Gasteiger partial charge >= 0.3 is 137 Å². The van der Waals surface area contributed by atoms with Crippen LogP contribution in [0.2, 0.25) is 0 Å². The minimum Gasteiger partial charge on any atom is -1.00 e. The fourth-order valence-electron chi connectivity index (χ4n) is 8.02. The van der Waals surface area contributed by atoms with Gasteiger partial charge in [-0.05, 0) is 70.2 Å². The topological polar surface area (TPSA) is 0 Å². The molecule has 0 nitrogen and oxygen atoms in total. The SMILES string of the molecule is CC1=C[CH-]C(C)(C)c2cc3c(cc21)-c1cc2c(cc1C3)C(C)(C)CC=C2C.Cc1cc(C(C)(C)C)c[cH-]1.FC(F)(F)c1ccc([C](=[Zr+2])c2ccc(C(F)(F)F)cc2)cc1.[Cl-].[Cl-]. The number of benzene rings is 4. The second kappa shape index (κ2) is 18.3. The van der Waals surface area contributed by atoms with Gasteiger partial charge in [0.1, 0.15) is 0 Å². The van der Waals surface area contributed by atoms with Crippen molar-refractivity contribution >= 4 is 14.4 Å². The molecule has 0 unspecified atom stereocenters. The first-order valence-electron chi connectivity index (χ1n) is 20.0. The van der Waals surface area contributed by atoms with Gasteiger partial charge in [0.25, 0.3) is 0 Å². The fraction of sp³-hybridized carbons (Fsp3) is 0.327. The second-order valence-electron chi connectivity index (χ2n) is 18.5. The summed E-state index contributed by atoms with van der Waals surface area (Å²) in [7, 11) is 0. The number of hydrogen-bond acceptors (Lipinski definition) is 0. The number of allylic oxidation sites excluding steroid dienone is 4. The van der Waals surface area contributed by atoms with Crippen LogP contribution in [-0.4, -0.2) is 3.21 Å². The standard InChI is InChI=1S/C27H29.C15H8F6.C10H15.2ClH.Zr/c1-16-7-9-26(3,4)24-12-18-11-19-13-25-21(17(2)8-10-27(25,5)6)15-23(19)22(18)14-20(16)24;16-14(17,18)12-5-1-10(2-6-12)9-11-3-7-13(8-4-11)15(19,20)21;1-8-5-6-9(7-8)10(2,3)4;;;/h7-9,12-15H,10-11H2,1-6H3;1-8H;5-7H,1-4H3;2*1H;/q-1;;-1;;;+2/p-2. The zero-order valence-electron chi connectivity index (χ0n) is 36.3. The predicted octanol–water partition coefficient (Wildman–Crippen LogP) is 9.10. The van der Waals surface area contributed by atoms with Gasteiger partial charge in [-0.2, -0.15) is 28.8 Å². The summed E-state index contributed by atoms with van der Waals surface area (Å²) in [6.07, 6.45) is 0.468. The van der Waals surface area contributed by atoms with Crippen LogP contribution in [-0.2, 0) is 59.3 Å². The van der Waals surface area contributed by atoms with Crippen molar-refractivity contribution in [1.82, 2.24) is 0 Å². The summed E-state index contributed by atoms with van der Waals surface area (Å²) in [5.41, 5.74) is 17.7. The minimum atomic E-state index is -4.41. The van der Waals surface area contributed by atoms with Crippen LogP contribution in [0.15, 0.2) is 103 Å². The number of hydrogen-bond donors (Lipinski definition) is 0. The summed E-state index contributed by atoms with van der Waals surface area (Å²) in [4.78, 5) is 0. The van der Waals surface area contributed by atoms with Gasteiger partial charge in [-0.3, -0.25) is 0 Å². The predicted molar refractivity (Wildman–Crippen MR) is 229 cm³/mol. The van der Waals surface area contributed by atoms with Crippen molar-refractivity contribution < 1.29 is 75.4 Å². The van der Waals surface area contributed by atoms with E-state index in [0.717, 1.165) is 61.3 Å². The summed E-state index contributed by atoms with van der Waals surface area (Å²) in [5, 5.41) is 0. The molecule has 0 spiro atoms. The van der Waals surface area contributed by atoms with Crippen molar-refractivity contribution in [3.63, 3.8) is 0 Å². The van der Waals surface area contributed by atoms with Gasteiger partial charge in [0, 0.05) is 0 Å². The molecule has 0 aromatic heterocycles. The van der Waals surface area contributed by atoms with E-state index in [1.807, 2.05) is 0 Å². The van der Waals surface area contributed by atoms with E-state index in [4.69, 9.17) is 0 Å². The molecule has 0 amide bonds. The summed E-state index contributed by atoms with van der Waals surface area (Å²) < 4.78 is 75.6. The Labute approximate surface area is 385 Å². The van der Waals surface area contributed by atoms with Gasteiger partial charge in [-0.25, -0.2) is 18.6 Å². The van der Waals surface area contributed by atoms with Gasteiger partial charge in [-0.1, -0.05) is 96.1 Å². The average molecular weight is 953 g/mol. The van der Waals surface area contributed by atoms with Crippen molar-refractivity contribution in [2.75, 3.05) is 0 Å². The van der Waals surface area contributed by atoms with Crippen molar-refractivity contribution in [2.45, 2.75) is 111 Å². The van der Waals surface area contributed by atoms with Crippen LogP contribution in [0.3, 0.4) is 0 Å². The molecule has 5 aromatic carbocycles. The van der Waals surface area contributed by atoms with Gasteiger partial charge in [0.2, 0.25) is 0 Å². The molecule has 0 bridgehead atoms. The number of rotatable bonds is 2. The Bertz CT molecular complexity index is 2300. The molecule has 0 aliphatic heterocycles. The van der Waals surface area contributed by atoms with Gasteiger partial charge in [0.05, 0.1) is 0 Å². The van der Waals surface area contributed by atoms with Gasteiger partial charge in [0.15, 0.2) is 0 Å². The van der Waals surface area contributed by atoms with E-state index in [9.17, 15) is 26.3 Å². The molecule has 0 saturated carbocycles. The van der Waals surface area contributed by atoms with E-state index >= 15 is 0 Å². The average Bonchev–Trinajstić information content (AvgIpc) is 3.77. The molecule has 5 aromatic rings. The van der Waals surface area contributed by atoms with Crippen LogP contribution >= 0.6 is 0 Å². The molecule has 0 heterocycles. The van der Waals surface area contributed by atoms with Crippen LogP contribution in [0.4, 0.5) is 26.3 Å². The molecule has 322 valence electrons. The number of alkyl halides is 6.